The smallest absolute Gasteiger partial charge is 0.276 e. The number of amides is 1. The number of hydrogen-bond acceptors (Lipinski definition) is 5. The fourth-order valence-electron chi connectivity index (χ4n) is 2.29. The average Bonchev–Trinajstić information content (AvgIpc) is 2.65. The van der Waals surface area contributed by atoms with E-state index in [1.807, 2.05) is 43.3 Å². The van der Waals surface area contributed by atoms with Crippen molar-refractivity contribution in [2.45, 2.75) is 0 Å². The summed E-state index contributed by atoms with van der Waals surface area (Å²) in [5, 5.41) is 13.2. The molecule has 0 fully saturated rings. The zero-order valence-electron chi connectivity index (χ0n) is 14.7. The van der Waals surface area contributed by atoms with E-state index in [1.54, 1.807) is 6.07 Å². The first-order valence-electron chi connectivity index (χ1n) is 8.07. The summed E-state index contributed by atoms with van der Waals surface area (Å²) < 4.78 is 26.5. The molecule has 27 heavy (non-hydrogen) atoms. The molecule has 0 unspecified atom stereocenters. The lowest BCUT2D eigenvalue weighted by atomic mass is 10.2. The molecule has 1 heterocycles. The lowest BCUT2D eigenvalue weighted by Gasteiger charge is -2.13. The van der Waals surface area contributed by atoms with Gasteiger partial charge in [0.1, 0.15) is 11.6 Å². The standard InChI is InChI=1S/C19H17F2N5O/c1-26(2)14-6-4-13(5-7-14)22-18-10-9-17(24-25-18)19(27)23-16-8-3-12(20)11-15(16)21/h3-11H,1-2H3,(H,22,25)(H,23,27). The summed E-state index contributed by atoms with van der Waals surface area (Å²) in [7, 11) is 3.91. The Bertz CT molecular complexity index is 943. The minimum atomic E-state index is -0.865. The summed E-state index contributed by atoms with van der Waals surface area (Å²) in [5.41, 5.74) is 1.76. The molecule has 0 saturated heterocycles. The van der Waals surface area contributed by atoms with Gasteiger partial charge < -0.3 is 15.5 Å². The lowest BCUT2D eigenvalue weighted by molar-refractivity contribution is 0.102. The SMILES string of the molecule is CN(C)c1ccc(Nc2ccc(C(=O)Nc3ccc(F)cc3F)nn2)cc1. The number of carbonyl (C=O) groups is 1. The number of halogens is 2. The molecule has 0 radical (unpaired) electrons. The third-order valence-corrected chi connectivity index (χ3v) is 3.73. The zero-order chi connectivity index (χ0) is 19.4. The van der Waals surface area contributed by atoms with Crippen molar-refractivity contribution in [3.8, 4) is 0 Å². The van der Waals surface area contributed by atoms with E-state index in [0.29, 0.717) is 11.9 Å². The predicted octanol–water partition coefficient (Wildman–Crippen LogP) is 3.82. The maximum absolute atomic E-state index is 13.6. The zero-order valence-corrected chi connectivity index (χ0v) is 14.7. The first-order valence-corrected chi connectivity index (χ1v) is 8.07. The van der Waals surface area contributed by atoms with Crippen LogP contribution in [0.4, 0.5) is 31.7 Å². The topological polar surface area (TPSA) is 70.2 Å². The fraction of sp³-hybridized carbons (Fsp3) is 0.105. The van der Waals surface area contributed by atoms with E-state index >= 15 is 0 Å². The predicted molar refractivity (Wildman–Crippen MR) is 100 cm³/mol. The van der Waals surface area contributed by atoms with E-state index in [4.69, 9.17) is 0 Å². The van der Waals surface area contributed by atoms with Crippen molar-refractivity contribution < 1.29 is 13.6 Å². The van der Waals surface area contributed by atoms with Crippen LogP contribution in [0.5, 0.6) is 0 Å². The maximum Gasteiger partial charge on any atom is 0.276 e. The highest BCUT2D eigenvalue weighted by atomic mass is 19.1. The van der Waals surface area contributed by atoms with Crippen LogP contribution in [-0.2, 0) is 0 Å². The van der Waals surface area contributed by atoms with Crippen molar-refractivity contribution in [2.75, 3.05) is 29.6 Å². The number of nitrogens with zero attached hydrogens (tertiary/aromatic N) is 3. The van der Waals surface area contributed by atoms with Gasteiger partial charge in [-0.1, -0.05) is 0 Å². The Labute approximate surface area is 154 Å². The maximum atomic E-state index is 13.6. The molecule has 138 valence electrons. The molecule has 3 rings (SSSR count). The summed E-state index contributed by atoms with van der Waals surface area (Å²) in [5.74, 6) is -1.78. The summed E-state index contributed by atoms with van der Waals surface area (Å²) in [6.45, 7) is 0. The number of nitrogens with one attached hydrogen (secondary N) is 2. The number of carbonyl (C=O) groups excluding carboxylic acids is 1. The van der Waals surface area contributed by atoms with Gasteiger partial charge in [-0.25, -0.2) is 8.78 Å². The van der Waals surface area contributed by atoms with E-state index < -0.39 is 17.5 Å². The van der Waals surface area contributed by atoms with Crippen molar-refractivity contribution >= 4 is 28.8 Å². The van der Waals surface area contributed by atoms with Crippen LogP contribution in [0.2, 0.25) is 0 Å². The van der Waals surface area contributed by atoms with Crippen LogP contribution in [-0.4, -0.2) is 30.2 Å². The Morgan fingerprint density at radius 3 is 2.30 bits per heavy atom. The van der Waals surface area contributed by atoms with Crippen LogP contribution >= 0.6 is 0 Å². The summed E-state index contributed by atoms with van der Waals surface area (Å²) in [6.07, 6.45) is 0. The molecule has 0 aliphatic carbocycles. The first kappa shape index (κ1) is 18.2. The molecule has 1 amide bonds. The van der Waals surface area contributed by atoms with Crippen molar-refractivity contribution in [3.63, 3.8) is 0 Å². The second-order valence-electron chi connectivity index (χ2n) is 5.95. The Balaban J connectivity index is 1.66. The molecule has 3 aromatic rings. The number of rotatable bonds is 5. The van der Waals surface area contributed by atoms with Gasteiger partial charge in [0.05, 0.1) is 5.69 Å². The monoisotopic (exact) mass is 369 g/mol. The number of hydrogen-bond donors (Lipinski definition) is 2. The van der Waals surface area contributed by atoms with E-state index in [0.717, 1.165) is 23.5 Å². The van der Waals surface area contributed by atoms with Crippen LogP contribution in [0.25, 0.3) is 0 Å². The van der Waals surface area contributed by atoms with Crippen LogP contribution in [0.15, 0.2) is 54.6 Å². The van der Waals surface area contributed by atoms with E-state index in [2.05, 4.69) is 20.8 Å². The number of anilines is 4. The van der Waals surface area contributed by atoms with Gasteiger partial charge in [-0.3, -0.25) is 4.79 Å². The Hall–Kier alpha value is -3.55. The molecule has 2 aromatic carbocycles. The molecule has 6 nitrogen and oxygen atoms in total. The normalized spacial score (nSPS) is 10.4. The molecular weight excluding hydrogens is 352 g/mol. The van der Waals surface area contributed by atoms with Gasteiger partial charge in [0.25, 0.3) is 5.91 Å². The second kappa shape index (κ2) is 7.77. The molecule has 0 saturated carbocycles. The van der Waals surface area contributed by atoms with Gasteiger partial charge in [-0.15, -0.1) is 10.2 Å². The van der Waals surface area contributed by atoms with Crippen molar-refractivity contribution in [1.29, 1.82) is 0 Å². The molecule has 0 bridgehead atoms. The lowest BCUT2D eigenvalue weighted by Crippen LogP contribution is -2.15. The van der Waals surface area contributed by atoms with Crippen molar-refractivity contribution in [3.05, 3.63) is 71.9 Å². The van der Waals surface area contributed by atoms with Crippen LogP contribution < -0.4 is 15.5 Å². The first-order chi connectivity index (χ1) is 12.9. The van der Waals surface area contributed by atoms with Crippen molar-refractivity contribution in [2.24, 2.45) is 0 Å². The molecule has 0 spiro atoms. The highest BCUT2D eigenvalue weighted by Gasteiger charge is 2.12. The third kappa shape index (κ3) is 4.55. The van der Waals surface area contributed by atoms with Gasteiger partial charge in [0.2, 0.25) is 0 Å². The minimum Gasteiger partial charge on any atom is -0.378 e. The molecule has 8 heteroatoms. The highest BCUT2D eigenvalue weighted by molar-refractivity contribution is 6.02. The van der Waals surface area contributed by atoms with E-state index in [9.17, 15) is 13.6 Å². The summed E-state index contributed by atoms with van der Waals surface area (Å²) in [6, 6.07) is 13.6. The van der Waals surface area contributed by atoms with Crippen LogP contribution in [0, 0.1) is 11.6 Å². The second-order valence-corrected chi connectivity index (χ2v) is 5.95. The van der Waals surface area contributed by atoms with Gasteiger partial charge >= 0.3 is 0 Å². The van der Waals surface area contributed by atoms with Gasteiger partial charge in [-0.05, 0) is 48.5 Å². The van der Waals surface area contributed by atoms with Gasteiger partial charge in [0, 0.05) is 31.5 Å². The van der Waals surface area contributed by atoms with Gasteiger partial charge in [-0.2, -0.15) is 0 Å². The molecule has 0 aliphatic heterocycles. The largest absolute Gasteiger partial charge is 0.378 e. The minimum absolute atomic E-state index is 0.00670. The number of benzene rings is 2. The van der Waals surface area contributed by atoms with E-state index in [-0.39, 0.29) is 11.4 Å². The average molecular weight is 369 g/mol. The van der Waals surface area contributed by atoms with Crippen LogP contribution in [0.3, 0.4) is 0 Å². The third-order valence-electron chi connectivity index (χ3n) is 3.73. The number of aromatic nitrogens is 2. The fourth-order valence-corrected chi connectivity index (χ4v) is 2.29. The molecular formula is C19H17F2N5O. The Morgan fingerprint density at radius 2 is 1.70 bits per heavy atom. The Morgan fingerprint density at radius 1 is 0.963 bits per heavy atom. The molecule has 1 aromatic heterocycles. The van der Waals surface area contributed by atoms with E-state index in [1.165, 1.54) is 6.07 Å². The van der Waals surface area contributed by atoms with Gasteiger partial charge in [0.15, 0.2) is 11.5 Å². The highest BCUT2D eigenvalue weighted by Crippen LogP contribution is 2.19. The van der Waals surface area contributed by atoms with Crippen molar-refractivity contribution in [1.82, 2.24) is 10.2 Å². The Kier molecular flexibility index (Phi) is 5.25. The summed E-state index contributed by atoms with van der Waals surface area (Å²) >= 11 is 0. The van der Waals surface area contributed by atoms with Crippen LogP contribution in [0.1, 0.15) is 10.5 Å². The summed E-state index contributed by atoms with van der Waals surface area (Å²) in [4.78, 5) is 14.1. The molecule has 2 N–H and O–H groups in total. The molecule has 0 atom stereocenters. The quantitative estimate of drug-likeness (QED) is 0.716. The molecule has 0 aliphatic rings.